The van der Waals surface area contributed by atoms with E-state index in [0.29, 0.717) is 11.5 Å². The lowest BCUT2D eigenvalue weighted by Crippen LogP contribution is -2.13. The average Bonchev–Trinajstić information content (AvgIpc) is 2.94. The summed E-state index contributed by atoms with van der Waals surface area (Å²) in [6, 6.07) is 10.4. The second kappa shape index (κ2) is 5.34. The summed E-state index contributed by atoms with van der Waals surface area (Å²) >= 11 is 1.62. The van der Waals surface area contributed by atoms with Gasteiger partial charge in [0.15, 0.2) is 0 Å². The van der Waals surface area contributed by atoms with Crippen LogP contribution in [0.15, 0.2) is 52.9 Å². The third kappa shape index (κ3) is 2.84. The largest absolute Gasteiger partial charge is 0.373 e. The maximum Gasteiger partial charge on any atom is 0.262 e. The molecular weight excluding hydrogens is 306 g/mol. The first kappa shape index (κ1) is 13.8. The highest BCUT2D eigenvalue weighted by Crippen LogP contribution is 2.25. The van der Waals surface area contributed by atoms with Crippen LogP contribution in [-0.4, -0.2) is 20.4 Å². The first-order valence-electron chi connectivity index (χ1n) is 6.22. The van der Waals surface area contributed by atoms with E-state index < -0.39 is 10.0 Å². The van der Waals surface area contributed by atoms with Crippen molar-refractivity contribution in [2.45, 2.75) is 4.90 Å². The normalized spacial score (nSPS) is 11.5. The molecule has 21 heavy (non-hydrogen) atoms. The molecule has 0 saturated carbocycles. The number of hydrogen-bond donors (Lipinski definition) is 2. The molecule has 0 aliphatic rings. The Kier molecular flexibility index (Phi) is 3.52. The van der Waals surface area contributed by atoms with Crippen molar-refractivity contribution in [3.8, 4) is 0 Å². The fourth-order valence-electron chi connectivity index (χ4n) is 1.96. The van der Waals surface area contributed by atoms with Gasteiger partial charge >= 0.3 is 0 Å². The molecule has 0 aliphatic carbocycles. The van der Waals surface area contributed by atoms with Crippen LogP contribution in [0.3, 0.4) is 0 Å². The van der Waals surface area contributed by atoms with Crippen molar-refractivity contribution in [1.82, 2.24) is 4.98 Å². The maximum atomic E-state index is 12.4. The van der Waals surface area contributed by atoms with Crippen molar-refractivity contribution in [2.24, 2.45) is 0 Å². The quantitative estimate of drug-likeness (QED) is 0.775. The minimum absolute atomic E-state index is 0.173. The van der Waals surface area contributed by atoms with Crippen LogP contribution in [0.4, 0.5) is 11.5 Å². The minimum atomic E-state index is -3.62. The molecular formula is C14H13N3O2S2. The number of nitrogens with one attached hydrogen (secondary N) is 2. The van der Waals surface area contributed by atoms with E-state index in [4.69, 9.17) is 0 Å². The molecule has 2 N–H and O–H groups in total. The molecule has 0 radical (unpaired) electrons. The Hall–Kier alpha value is -2.12. The van der Waals surface area contributed by atoms with Gasteiger partial charge in [0.1, 0.15) is 5.82 Å². The third-order valence-electron chi connectivity index (χ3n) is 3.00. The van der Waals surface area contributed by atoms with Gasteiger partial charge in [0, 0.05) is 29.7 Å². The van der Waals surface area contributed by atoms with Gasteiger partial charge in [-0.05, 0) is 41.1 Å². The van der Waals surface area contributed by atoms with Gasteiger partial charge in [-0.15, -0.1) is 11.3 Å². The van der Waals surface area contributed by atoms with Gasteiger partial charge in [-0.25, -0.2) is 13.4 Å². The predicted octanol–water partition coefficient (Wildman–Crippen LogP) is 3.14. The Bertz CT molecular complexity index is 888. The maximum absolute atomic E-state index is 12.4. The summed E-state index contributed by atoms with van der Waals surface area (Å²) < 4.78 is 28.5. The number of rotatable bonds is 4. The standard InChI is InChI=1S/C14H13N3O2S2/c1-15-14-9-12(4-6-16-14)21(18,19)17-11-2-3-13-10(8-11)5-7-20-13/h2-9,17H,1H3,(H,15,16). The molecule has 1 aromatic carbocycles. The van der Waals surface area contributed by atoms with Crippen LogP contribution < -0.4 is 10.0 Å². The number of anilines is 2. The van der Waals surface area contributed by atoms with Crippen LogP contribution >= 0.6 is 11.3 Å². The lowest BCUT2D eigenvalue weighted by atomic mass is 10.2. The van der Waals surface area contributed by atoms with Gasteiger partial charge in [-0.1, -0.05) is 0 Å². The number of hydrogen-bond acceptors (Lipinski definition) is 5. The van der Waals surface area contributed by atoms with Gasteiger partial charge in [-0.2, -0.15) is 0 Å². The highest BCUT2D eigenvalue weighted by atomic mass is 32.2. The molecule has 3 aromatic rings. The molecule has 0 saturated heterocycles. The Labute approximate surface area is 126 Å². The highest BCUT2D eigenvalue weighted by Gasteiger charge is 2.15. The molecule has 2 heterocycles. The van der Waals surface area contributed by atoms with Gasteiger partial charge in [0.05, 0.1) is 4.90 Å². The number of fused-ring (bicyclic) bond motifs is 1. The van der Waals surface area contributed by atoms with Crippen LogP contribution in [0.25, 0.3) is 10.1 Å². The zero-order valence-corrected chi connectivity index (χ0v) is 12.8. The van der Waals surface area contributed by atoms with Crippen LogP contribution in [0.5, 0.6) is 0 Å². The monoisotopic (exact) mass is 319 g/mol. The van der Waals surface area contributed by atoms with E-state index in [1.165, 1.54) is 18.3 Å². The van der Waals surface area contributed by atoms with E-state index in [2.05, 4.69) is 15.0 Å². The Morgan fingerprint density at radius 2 is 2.00 bits per heavy atom. The fourth-order valence-corrected chi connectivity index (χ4v) is 3.79. The predicted molar refractivity (Wildman–Crippen MR) is 86.4 cm³/mol. The highest BCUT2D eigenvalue weighted by molar-refractivity contribution is 7.92. The lowest BCUT2D eigenvalue weighted by Gasteiger charge is -2.09. The summed E-state index contributed by atoms with van der Waals surface area (Å²) in [6.07, 6.45) is 1.46. The second-order valence-corrected chi connectivity index (χ2v) is 7.04. The summed E-state index contributed by atoms with van der Waals surface area (Å²) in [5.41, 5.74) is 0.545. The van der Waals surface area contributed by atoms with E-state index in [1.54, 1.807) is 24.5 Å². The third-order valence-corrected chi connectivity index (χ3v) is 5.28. The van der Waals surface area contributed by atoms with E-state index in [1.807, 2.05) is 23.6 Å². The number of benzene rings is 1. The van der Waals surface area contributed by atoms with E-state index >= 15 is 0 Å². The van der Waals surface area contributed by atoms with Crippen LogP contribution in [0, 0.1) is 0 Å². The Morgan fingerprint density at radius 3 is 2.81 bits per heavy atom. The van der Waals surface area contributed by atoms with E-state index in [0.717, 1.165) is 10.1 Å². The minimum Gasteiger partial charge on any atom is -0.373 e. The van der Waals surface area contributed by atoms with Crippen molar-refractivity contribution < 1.29 is 8.42 Å². The molecule has 7 heteroatoms. The van der Waals surface area contributed by atoms with Crippen molar-refractivity contribution in [3.05, 3.63) is 48.0 Å². The van der Waals surface area contributed by atoms with Crippen molar-refractivity contribution in [1.29, 1.82) is 0 Å². The van der Waals surface area contributed by atoms with Crippen LogP contribution in [-0.2, 0) is 10.0 Å². The molecule has 0 spiro atoms. The molecule has 5 nitrogen and oxygen atoms in total. The number of sulfonamides is 1. The summed E-state index contributed by atoms with van der Waals surface area (Å²) in [7, 11) is -1.93. The molecule has 2 aromatic heterocycles. The van der Waals surface area contributed by atoms with Gasteiger partial charge in [-0.3, -0.25) is 4.72 Å². The van der Waals surface area contributed by atoms with Crippen molar-refractivity contribution in [3.63, 3.8) is 0 Å². The Morgan fingerprint density at radius 1 is 1.14 bits per heavy atom. The number of pyridine rings is 1. The molecule has 3 rings (SSSR count). The van der Waals surface area contributed by atoms with Gasteiger partial charge in [0.25, 0.3) is 10.0 Å². The zero-order chi connectivity index (χ0) is 14.9. The van der Waals surface area contributed by atoms with Gasteiger partial charge < -0.3 is 5.32 Å². The average molecular weight is 319 g/mol. The fraction of sp³-hybridized carbons (Fsp3) is 0.0714. The van der Waals surface area contributed by atoms with Gasteiger partial charge in [0.2, 0.25) is 0 Å². The first-order chi connectivity index (χ1) is 10.1. The topological polar surface area (TPSA) is 71.1 Å². The molecule has 0 amide bonds. The number of aromatic nitrogens is 1. The van der Waals surface area contributed by atoms with Crippen molar-refractivity contribution >= 4 is 43.0 Å². The summed E-state index contributed by atoms with van der Waals surface area (Å²) in [4.78, 5) is 4.18. The summed E-state index contributed by atoms with van der Waals surface area (Å²) in [5.74, 6) is 0.506. The molecule has 108 valence electrons. The van der Waals surface area contributed by atoms with E-state index in [-0.39, 0.29) is 4.90 Å². The lowest BCUT2D eigenvalue weighted by molar-refractivity contribution is 0.601. The smallest absolute Gasteiger partial charge is 0.262 e. The van der Waals surface area contributed by atoms with E-state index in [9.17, 15) is 8.42 Å². The molecule has 0 unspecified atom stereocenters. The number of thiophene rings is 1. The zero-order valence-electron chi connectivity index (χ0n) is 11.2. The van der Waals surface area contributed by atoms with Crippen molar-refractivity contribution in [2.75, 3.05) is 17.1 Å². The second-order valence-electron chi connectivity index (χ2n) is 4.41. The molecule has 0 aliphatic heterocycles. The number of nitrogens with zero attached hydrogens (tertiary/aromatic N) is 1. The molecule has 0 bridgehead atoms. The summed E-state index contributed by atoms with van der Waals surface area (Å²) in [6.45, 7) is 0. The van der Waals surface area contributed by atoms with Crippen LogP contribution in [0.1, 0.15) is 0 Å². The molecule has 0 atom stereocenters. The Balaban J connectivity index is 1.94. The molecule has 0 fully saturated rings. The first-order valence-corrected chi connectivity index (χ1v) is 8.59. The summed E-state index contributed by atoms with van der Waals surface area (Å²) in [5, 5.41) is 5.82. The SMILES string of the molecule is CNc1cc(S(=O)(=O)Nc2ccc3sccc3c2)ccn1. The van der Waals surface area contributed by atoms with Crippen LogP contribution in [0.2, 0.25) is 0 Å².